The van der Waals surface area contributed by atoms with Gasteiger partial charge in [0.15, 0.2) is 0 Å². The fraction of sp³-hybridized carbons (Fsp3) is 0.214. The second-order valence-electron chi connectivity index (χ2n) is 4.98. The quantitative estimate of drug-likeness (QED) is 0.639. The molecule has 2 heterocycles. The number of anilines is 1. The normalized spacial score (nSPS) is 23.3. The van der Waals surface area contributed by atoms with Gasteiger partial charge in [0.2, 0.25) is 11.5 Å². The van der Waals surface area contributed by atoms with Gasteiger partial charge in [-0.25, -0.2) is 9.69 Å². The molecule has 23 heavy (non-hydrogen) atoms. The maximum Gasteiger partial charge on any atom is 0.356 e. The van der Waals surface area contributed by atoms with Crippen molar-refractivity contribution in [2.75, 3.05) is 12.0 Å². The van der Waals surface area contributed by atoms with Crippen LogP contribution in [0.5, 0.6) is 0 Å². The molecule has 0 aliphatic carbocycles. The molecule has 1 spiro atoms. The number of hydrogen-bond donors (Lipinski definition) is 1. The summed E-state index contributed by atoms with van der Waals surface area (Å²) in [6.07, 6.45) is 0.981. The molecule has 3 rings (SSSR count). The van der Waals surface area contributed by atoms with Crippen LogP contribution in [-0.4, -0.2) is 30.5 Å². The fourth-order valence-corrected chi connectivity index (χ4v) is 2.97. The zero-order valence-corrected chi connectivity index (χ0v) is 13.3. The van der Waals surface area contributed by atoms with Crippen LogP contribution in [0.15, 0.2) is 30.0 Å². The largest absolute Gasteiger partial charge is 0.464 e. The van der Waals surface area contributed by atoms with Crippen molar-refractivity contribution in [1.82, 2.24) is 5.48 Å². The highest BCUT2D eigenvalue weighted by Gasteiger charge is 2.56. The number of nitrogens with one attached hydrogen (secondary N) is 1. The van der Waals surface area contributed by atoms with Crippen molar-refractivity contribution in [3.05, 3.63) is 40.0 Å². The van der Waals surface area contributed by atoms with Crippen molar-refractivity contribution in [2.24, 2.45) is 0 Å². The van der Waals surface area contributed by atoms with E-state index >= 15 is 0 Å². The first-order valence-electron chi connectivity index (χ1n) is 6.45. The predicted molar refractivity (Wildman–Crippen MR) is 80.6 cm³/mol. The molecule has 1 atom stereocenters. The Morgan fingerprint density at radius 1 is 1.30 bits per heavy atom. The van der Waals surface area contributed by atoms with Crippen molar-refractivity contribution >= 4 is 46.7 Å². The average molecular weight is 357 g/mol. The summed E-state index contributed by atoms with van der Waals surface area (Å²) in [5.74, 6) is -1.85. The number of rotatable bonds is 2. The minimum absolute atomic E-state index is 0.0420. The number of halogens is 2. The molecule has 2 aliphatic rings. The van der Waals surface area contributed by atoms with Crippen molar-refractivity contribution in [2.45, 2.75) is 12.0 Å². The summed E-state index contributed by atoms with van der Waals surface area (Å²) in [5.41, 5.74) is 0.925. The van der Waals surface area contributed by atoms with Crippen LogP contribution in [0.1, 0.15) is 6.42 Å². The highest BCUT2D eigenvalue weighted by atomic mass is 35.5. The highest BCUT2D eigenvalue weighted by molar-refractivity contribution is 6.36. The van der Waals surface area contributed by atoms with Crippen LogP contribution in [0.4, 0.5) is 5.69 Å². The Labute approximate surface area is 140 Å². The Kier molecular flexibility index (Phi) is 3.79. The lowest BCUT2D eigenvalue weighted by atomic mass is 10.0. The van der Waals surface area contributed by atoms with Crippen molar-refractivity contribution < 1.29 is 24.0 Å². The Morgan fingerprint density at radius 3 is 2.57 bits per heavy atom. The number of nitrogens with zero attached hydrogens (tertiary/aromatic N) is 1. The van der Waals surface area contributed by atoms with Gasteiger partial charge in [-0.2, -0.15) is 0 Å². The van der Waals surface area contributed by atoms with E-state index in [-0.39, 0.29) is 27.9 Å². The zero-order valence-electron chi connectivity index (χ0n) is 11.8. The summed E-state index contributed by atoms with van der Waals surface area (Å²) < 4.78 is 4.55. The predicted octanol–water partition coefficient (Wildman–Crippen LogP) is 1.59. The molecule has 0 unspecified atom stereocenters. The molecule has 1 N–H and O–H groups in total. The minimum Gasteiger partial charge on any atom is -0.464 e. The molecule has 9 heteroatoms. The fourth-order valence-electron chi connectivity index (χ4n) is 2.45. The first-order valence-corrected chi connectivity index (χ1v) is 7.20. The molecular weight excluding hydrogens is 347 g/mol. The molecular formula is C14H10Cl2N2O5. The van der Waals surface area contributed by atoms with E-state index in [0.717, 1.165) is 4.90 Å². The molecule has 2 aliphatic heterocycles. The number of hydrogen-bond acceptors (Lipinski definition) is 6. The van der Waals surface area contributed by atoms with Gasteiger partial charge < -0.3 is 4.74 Å². The molecule has 1 aromatic rings. The van der Waals surface area contributed by atoms with Crippen LogP contribution in [0.2, 0.25) is 10.0 Å². The van der Waals surface area contributed by atoms with E-state index < -0.39 is 23.4 Å². The number of ether oxygens (including phenoxy) is 1. The van der Waals surface area contributed by atoms with Gasteiger partial charge in [-0.3, -0.25) is 19.9 Å². The van der Waals surface area contributed by atoms with Crippen molar-refractivity contribution in [3.63, 3.8) is 0 Å². The lowest BCUT2D eigenvalue weighted by Crippen LogP contribution is -2.40. The molecule has 1 saturated heterocycles. The second-order valence-corrected chi connectivity index (χ2v) is 5.85. The third kappa shape index (κ3) is 2.56. The zero-order chi connectivity index (χ0) is 16.8. The Bertz CT molecular complexity index is 743. The minimum atomic E-state index is -1.59. The Hall–Kier alpha value is -2.09. The topological polar surface area (TPSA) is 84.9 Å². The van der Waals surface area contributed by atoms with Crippen LogP contribution in [-0.2, 0) is 24.0 Å². The van der Waals surface area contributed by atoms with Crippen LogP contribution < -0.4 is 10.4 Å². The molecule has 2 amide bonds. The second kappa shape index (κ2) is 5.52. The smallest absolute Gasteiger partial charge is 0.356 e. The maximum atomic E-state index is 12.7. The molecule has 0 saturated carbocycles. The van der Waals surface area contributed by atoms with Gasteiger partial charge in [-0.15, -0.1) is 0 Å². The van der Waals surface area contributed by atoms with Crippen molar-refractivity contribution in [3.8, 4) is 0 Å². The third-order valence-corrected chi connectivity index (χ3v) is 3.90. The monoisotopic (exact) mass is 356 g/mol. The molecule has 0 radical (unpaired) electrons. The first-order chi connectivity index (χ1) is 10.9. The van der Waals surface area contributed by atoms with Crippen LogP contribution in [0.3, 0.4) is 0 Å². The number of carbonyl (C=O) groups is 3. The Morgan fingerprint density at radius 2 is 1.96 bits per heavy atom. The van der Waals surface area contributed by atoms with E-state index in [0.29, 0.717) is 0 Å². The lowest BCUT2D eigenvalue weighted by Gasteiger charge is -2.18. The van der Waals surface area contributed by atoms with Crippen LogP contribution in [0, 0.1) is 0 Å². The van der Waals surface area contributed by atoms with Gasteiger partial charge in [0.25, 0.3) is 5.91 Å². The Balaban J connectivity index is 1.98. The standard InChI is InChI=1S/C14H10Cl2N2O5/c1-22-12(20)10-5-14(23-17-10)6-11(19)18(13(14)21)9-3-7(15)2-8(16)4-9/h2-5,17H,6H2,1H3/t14-/m0/s1. The van der Waals surface area contributed by atoms with Crippen LogP contribution >= 0.6 is 23.2 Å². The SMILES string of the molecule is COC(=O)C1=C[C@@]2(CC(=O)N(c3cc(Cl)cc(Cl)c3)C2=O)ON1. The van der Waals surface area contributed by atoms with Gasteiger partial charge in [0.05, 0.1) is 19.2 Å². The summed E-state index contributed by atoms with van der Waals surface area (Å²) in [6, 6.07) is 4.36. The number of imide groups is 1. The van der Waals surface area contributed by atoms with E-state index in [2.05, 4.69) is 10.2 Å². The molecule has 7 nitrogen and oxygen atoms in total. The molecule has 0 bridgehead atoms. The summed E-state index contributed by atoms with van der Waals surface area (Å²) in [7, 11) is 1.19. The van der Waals surface area contributed by atoms with Crippen molar-refractivity contribution in [1.29, 1.82) is 0 Å². The van der Waals surface area contributed by atoms with E-state index in [1.165, 1.54) is 31.4 Å². The highest BCUT2D eigenvalue weighted by Crippen LogP contribution is 2.37. The van der Waals surface area contributed by atoms with E-state index in [1.807, 2.05) is 0 Å². The van der Waals surface area contributed by atoms with Gasteiger partial charge in [-0.1, -0.05) is 23.2 Å². The number of carbonyl (C=O) groups excluding carboxylic acids is 3. The van der Waals surface area contributed by atoms with Gasteiger partial charge in [0, 0.05) is 10.0 Å². The number of methoxy groups -OCH3 is 1. The number of amides is 2. The molecule has 0 aromatic heterocycles. The van der Waals surface area contributed by atoms with E-state index in [4.69, 9.17) is 28.0 Å². The number of hydroxylamine groups is 1. The van der Waals surface area contributed by atoms with E-state index in [1.54, 1.807) is 0 Å². The molecule has 120 valence electrons. The van der Waals surface area contributed by atoms with E-state index in [9.17, 15) is 14.4 Å². The third-order valence-electron chi connectivity index (χ3n) is 3.46. The molecule has 1 aromatic carbocycles. The first kappa shape index (κ1) is 15.8. The number of benzene rings is 1. The average Bonchev–Trinajstić information content (AvgIpc) is 3.00. The van der Waals surface area contributed by atoms with Gasteiger partial charge in [0.1, 0.15) is 5.70 Å². The maximum absolute atomic E-state index is 12.7. The molecule has 1 fully saturated rings. The summed E-state index contributed by atoms with van der Waals surface area (Å²) >= 11 is 11.8. The summed E-state index contributed by atoms with van der Waals surface area (Å²) in [5, 5.41) is 0.565. The van der Waals surface area contributed by atoms with Gasteiger partial charge >= 0.3 is 5.97 Å². The number of esters is 1. The lowest BCUT2D eigenvalue weighted by molar-refractivity contribution is -0.142. The van der Waals surface area contributed by atoms with Crippen LogP contribution in [0.25, 0.3) is 0 Å². The summed E-state index contributed by atoms with van der Waals surface area (Å²) in [6.45, 7) is 0. The summed E-state index contributed by atoms with van der Waals surface area (Å²) in [4.78, 5) is 42.6. The van der Waals surface area contributed by atoms with Gasteiger partial charge in [-0.05, 0) is 24.3 Å².